The molecular weight excluding hydrogens is 519 g/mol. The Morgan fingerprint density at radius 3 is 2.23 bits per heavy atom. The predicted octanol–water partition coefficient (Wildman–Crippen LogP) is 6.37. The van der Waals surface area contributed by atoms with Crippen molar-refractivity contribution < 1.29 is 17.9 Å². The Kier molecular flexibility index (Phi) is 5.98. The molecule has 2 rings (SSSR count). The van der Waals surface area contributed by atoms with E-state index in [-0.39, 0.29) is 0 Å². The number of ether oxygens (including phenoxy) is 1. The fourth-order valence-corrected chi connectivity index (χ4v) is 4.67. The number of hydrogen-bond donors (Lipinski definition) is 0. The van der Waals surface area contributed by atoms with Crippen molar-refractivity contribution in [2.45, 2.75) is 10.6 Å². The van der Waals surface area contributed by atoms with Crippen LogP contribution in [0, 0.1) is 3.57 Å². The SMILES string of the molecule is CI(C)Cc1cc(I)ccc1Oc1ccc(C(F)(F)F)cc1. The van der Waals surface area contributed by atoms with Crippen molar-refractivity contribution in [2.24, 2.45) is 0 Å². The van der Waals surface area contributed by atoms with E-state index < -0.39 is 31.6 Å². The number of alkyl halides is 6. The van der Waals surface area contributed by atoms with Gasteiger partial charge in [0.15, 0.2) is 0 Å². The van der Waals surface area contributed by atoms with Crippen molar-refractivity contribution in [3.63, 3.8) is 0 Å². The molecule has 0 N–H and O–H groups in total. The number of halogens is 5. The standard InChI is InChI=1S/C16H15F3I2O/c1-21(2)10-11-9-13(20)5-8-15(11)22-14-6-3-12(4-7-14)16(17,18)19/h3-9H,10H2,1-2H3. The van der Waals surface area contributed by atoms with Gasteiger partial charge in [-0.05, 0) is 0 Å². The molecule has 0 spiro atoms. The van der Waals surface area contributed by atoms with Gasteiger partial charge in [-0.3, -0.25) is 0 Å². The second kappa shape index (κ2) is 7.37. The van der Waals surface area contributed by atoms with Gasteiger partial charge < -0.3 is 0 Å². The molecule has 6 heteroatoms. The molecule has 0 bridgehead atoms. The van der Waals surface area contributed by atoms with Crippen LogP contribution in [-0.4, -0.2) is 9.86 Å². The molecule has 0 aliphatic carbocycles. The number of rotatable bonds is 4. The maximum absolute atomic E-state index is 12.6. The van der Waals surface area contributed by atoms with E-state index in [1.54, 1.807) is 0 Å². The van der Waals surface area contributed by atoms with E-state index in [9.17, 15) is 13.2 Å². The summed E-state index contributed by atoms with van der Waals surface area (Å²) in [5.41, 5.74) is 0.459. The van der Waals surface area contributed by atoms with Gasteiger partial charge in [0.25, 0.3) is 0 Å². The summed E-state index contributed by atoms with van der Waals surface area (Å²) >= 11 is 1.27. The third kappa shape index (κ3) is 5.00. The average molecular weight is 534 g/mol. The van der Waals surface area contributed by atoms with Crippen molar-refractivity contribution >= 4 is 42.4 Å². The molecule has 0 fully saturated rings. The molecule has 120 valence electrons. The van der Waals surface area contributed by atoms with E-state index in [0.29, 0.717) is 5.75 Å². The monoisotopic (exact) mass is 534 g/mol. The average Bonchev–Trinajstić information content (AvgIpc) is 2.41. The number of benzene rings is 2. The van der Waals surface area contributed by atoms with E-state index >= 15 is 0 Å². The van der Waals surface area contributed by atoms with Crippen LogP contribution in [0.3, 0.4) is 0 Å². The normalized spacial score (nSPS) is 12.2. The van der Waals surface area contributed by atoms with Crippen LogP contribution in [0.1, 0.15) is 11.1 Å². The van der Waals surface area contributed by atoms with Crippen LogP contribution < -0.4 is 4.74 Å². The van der Waals surface area contributed by atoms with Gasteiger partial charge in [-0.2, -0.15) is 0 Å². The molecule has 0 radical (unpaired) electrons. The van der Waals surface area contributed by atoms with Crippen LogP contribution in [0.15, 0.2) is 42.5 Å². The van der Waals surface area contributed by atoms with Crippen molar-refractivity contribution in [3.05, 3.63) is 57.2 Å². The molecule has 0 aliphatic rings. The van der Waals surface area contributed by atoms with Crippen molar-refractivity contribution in [1.82, 2.24) is 0 Å². The topological polar surface area (TPSA) is 9.23 Å². The first-order valence-corrected chi connectivity index (χ1v) is 13.3. The van der Waals surface area contributed by atoms with E-state index in [2.05, 4.69) is 38.5 Å². The molecular formula is C16H15F3I2O. The summed E-state index contributed by atoms with van der Waals surface area (Å²) in [5.74, 6) is 1.15. The molecule has 0 saturated heterocycles. The molecule has 0 aliphatic heterocycles. The Hall–Kier alpha value is -0.510. The molecule has 2 aromatic rings. The molecule has 0 aromatic heterocycles. The predicted molar refractivity (Wildman–Crippen MR) is 100 cm³/mol. The molecule has 0 amide bonds. The summed E-state index contributed by atoms with van der Waals surface area (Å²) in [6.45, 7) is 0. The van der Waals surface area contributed by atoms with Crippen LogP contribution in [0.4, 0.5) is 13.2 Å². The Morgan fingerprint density at radius 1 is 1.05 bits per heavy atom. The van der Waals surface area contributed by atoms with Gasteiger partial charge in [0.1, 0.15) is 0 Å². The molecule has 1 nitrogen and oxygen atoms in total. The third-order valence-corrected chi connectivity index (χ3v) is 5.86. The quantitative estimate of drug-likeness (QED) is 0.328. The molecule has 22 heavy (non-hydrogen) atoms. The van der Waals surface area contributed by atoms with Crippen LogP contribution >= 0.6 is 42.4 Å². The Balaban J connectivity index is 2.23. The van der Waals surface area contributed by atoms with E-state index in [1.807, 2.05) is 12.1 Å². The number of hydrogen-bond acceptors (Lipinski definition) is 1. The third-order valence-electron chi connectivity index (χ3n) is 2.84. The van der Waals surface area contributed by atoms with Crippen LogP contribution in [-0.2, 0) is 10.6 Å². The van der Waals surface area contributed by atoms with Crippen molar-refractivity contribution in [2.75, 3.05) is 9.86 Å². The molecule has 0 heterocycles. The fraction of sp³-hybridized carbons (Fsp3) is 0.250. The van der Waals surface area contributed by atoms with Gasteiger partial charge in [-0.25, -0.2) is 0 Å². The second-order valence-electron chi connectivity index (χ2n) is 4.92. The summed E-state index contributed by atoms with van der Waals surface area (Å²) in [6.07, 6.45) is -4.32. The maximum atomic E-state index is 12.6. The Bertz CT molecular complexity index is 637. The van der Waals surface area contributed by atoms with E-state index in [0.717, 1.165) is 31.4 Å². The Labute approximate surface area is 148 Å². The summed E-state index contributed by atoms with van der Waals surface area (Å²) in [7, 11) is 0. The molecule has 0 atom stereocenters. The van der Waals surface area contributed by atoms with Gasteiger partial charge >= 0.3 is 149 Å². The first kappa shape index (κ1) is 17.8. The van der Waals surface area contributed by atoms with Gasteiger partial charge in [0, 0.05) is 0 Å². The zero-order valence-electron chi connectivity index (χ0n) is 12.0. The first-order chi connectivity index (χ1) is 10.3. The fourth-order valence-electron chi connectivity index (χ4n) is 1.88. The molecule has 0 unspecified atom stereocenters. The minimum absolute atomic E-state index is 0.419. The molecule has 0 saturated carbocycles. The summed E-state index contributed by atoms with van der Waals surface area (Å²) in [6, 6.07) is 10.7. The minimum atomic E-state index is -4.32. The first-order valence-electron chi connectivity index (χ1n) is 6.35. The van der Waals surface area contributed by atoms with E-state index in [4.69, 9.17) is 4.74 Å². The van der Waals surface area contributed by atoms with Gasteiger partial charge in [0.2, 0.25) is 0 Å². The Morgan fingerprint density at radius 2 is 1.68 bits per heavy atom. The van der Waals surface area contributed by atoms with Crippen LogP contribution in [0.5, 0.6) is 11.5 Å². The molecule has 2 aromatic carbocycles. The van der Waals surface area contributed by atoms with Gasteiger partial charge in [-0.1, -0.05) is 0 Å². The summed E-state index contributed by atoms with van der Waals surface area (Å²) in [4.78, 5) is 4.54. The zero-order chi connectivity index (χ0) is 16.3. The van der Waals surface area contributed by atoms with Crippen molar-refractivity contribution in [1.29, 1.82) is 0 Å². The summed E-state index contributed by atoms with van der Waals surface area (Å²) < 4.78 is 45.6. The summed E-state index contributed by atoms with van der Waals surface area (Å²) in [5, 5.41) is 0. The van der Waals surface area contributed by atoms with E-state index in [1.165, 1.54) is 12.1 Å². The van der Waals surface area contributed by atoms with Crippen molar-refractivity contribution in [3.8, 4) is 11.5 Å². The van der Waals surface area contributed by atoms with Gasteiger partial charge in [-0.15, -0.1) is 0 Å². The van der Waals surface area contributed by atoms with Crippen LogP contribution in [0.25, 0.3) is 0 Å². The zero-order valence-corrected chi connectivity index (χ0v) is 16.4. The van der Waals surface area contributed by atoms with Crippen LogP contribution in [0.2, 0.25) is 0 Å². The van der Waals surface area contributed by atoms with Gasteiger partial charge in [0.05, 0.1) is 0 Å². The second-order valence-corrected chi connectivity index (χ2v) is 12.1.